The Bertz CT molecular complexity index is 1280. The summed E-state index contributed by atoms with van der Waals surface area (Å²) in [6.45, 7) is 6.76. The SMILES string of the molecule is CC(C)n1cnnc1-c1cccc(NC(=O)c2ccc3c(c2)CN(Cc2ccccc2)C3)n1. The number of pyridine rings is 1. The van der Waals surface area contributed by atoms with Gasteiger partial charge < -0.3 is 9.88 Å². The number of amides is 1. The van der Waals surface area contributed by atoms with Gasteiger partial charge in [-0.25, -0.2) is 4.98 Å². The number of nitrogens with one attached hydrogen (secondary N) is 1. The number of nitrogens with zero attached hydrogens (tertiary/aromatic N) is 5. The van der Waals surface area contributed by atoms with E-state index in [1.165, 1.54) is 16.7 Å². The molecule has 1 aliphatic heterocycles. The van der Waals surface area contributed by atoms with Crippen LogP contribution in [0.1, 0.15) is 46.9 Å². The smallest absolute Gasteiger partial charge is 0.256 e. The third-order valence-electron chi connectivity index (χ3n) is 5.85. The molecule has 4 aromatic rings. The molecule has 1 amide bonds. The fourth-order valence-electron chi connectivity index (χ4n) is 4.18. The number of hydrogen-bond acceptors (Lipinski definition) is 5. The molecule has 7 nitrogen and oxygen atoms in total. The van der Waals surface area contributed by atoms with E-state index in [1.54, 1.807) is 12.4 Å². The normalized spacial score (nSPS) is 13.3. The number of rotatable bonds is 6. The summed E-state index contributed by atoms with van der Waals surface area (Å²) in [6, 6.07) is 22.1. The average molecular weight is 439 g/mol. The summed E-state index contributed by atoms with van der Waals surface area (Å²) in [5.74, 6) is 0.994. The Morgan fingerprint density at radius 1 is 1.00 bits per heavy atom. The number of aromatic nitrogens is 4. The van der Waals surface area contributed by atoms with Crippen molar-refractivity contribution in [2.75, 3.05) is 5.32 Å². The van der Waals surface area contributed by atoms with Crippen molar-refractivity contribution in [3.63, 3.8) is 0 Å². The van der Waals surface area contributed by atoms with Crippen molar-refractivity contribution >= 4 is 11.7 Å². The van der Waals surface area contributed by atoms with Gasteiger partial charge in [0, 0.05) is 31.2 Å². The molecule has 3 heterocycles. The molecule has 2 aromatic carbocycles. The Morgan fingerprint density at radius 2 is 1.82 bits per heavy atom. The van der Waals surface area contributed by atoms with Gasteiger partial charge in [0.25, 0.3) is 5.91 Å². The molecule has 7 heteroatoms. The first-order valence-electron chi connectivity index (χ1n) is 11.1. The Balaban J connectivity index is 1.29. The lowest BCUT2D eigenvalue weighted by molar-refractivity contribution is 0.102. The van der Waals surface area contributed by atoms with E-state index < -0.39 is 0 Å². The summed E-state index contributed by atoms with van der Waals surface area (Å²) >= 11 is 0. The Hall–Kier alpha value is -3.84. The van der Waals surface area contributed by atoms with Crippen molar-refractivity contribution < 1.29 is 4.79 Å². The van der Waals surface area contributed by atoms with Crippen LogP contribution in [-0.2, 0) is 19.6 Å². The standard InChI is InChI=1S/C26H26N6O/c1-18(2)32-17-27-30-25(32)23-9-6-10-24(28-23)29-26(33)20-11-12-21-15-31(16-22(21)13-20)14-19-7-4-3-5-8-19/h3-13,17-18H,14-16H2,1-2H3,(H,28,29,33). The number of carbonyl (C=O) groups is 1. The Kier molecular flexibility index (Phi) is 5.71. The number of carbonyl (C=O) groups excluding carboxylic acids is 1. The maximum Gasteiger partial charge on any atom is 0.256 e. The first-order valence-corrected chi connectivity index (χ1v) is 11.1. The van der Waals surface area contributed by atoms with Crippen LogP contribution in [0.2, 0.25) is 0 Å². The highest BCUT2D eigenvalue weighted by molar-refractivity contribution is 6.04. The van der Waals surface area contributed by atoms with Gasteiger partial charge in [-0.05, 0) is 54.8 Å². The van der Waals surface area contributed by atoms with E-state index in [1.807, 2.05) is 34.9 Å². The summed E-state index contributed by atoms with van der Waals surface area (Å²) in [7, 11) is 0. The van der Waals surface area contributed by atoms with Crippen molar-refractivity contribution in [3.8, 4) is 11.5 Å². The first kappa shape index (κ1) is 21.0. The fourth-order valence-corrected chi connectivity index (χ4v) is 4.18. The molecule has 0 atom stereocenters. The predicted octanol–water partition coefficient (Wildman–Crippen LogP) is 4.69. The number of benzene rings is 2. The lowest BCUT2D eigenvalue weighted by atomic mass is 10.1. The predicted molar refractivity (Wildman–Crippen MR) is 127 cm³/mol. The van der Waals surface area contributed by atoms with E-state index in [0.717, 1.165) is 19.6 Å². The third-order valence-corrected chi connectivity index (χ3v) is 5.85. The maximum atomic E-state index is 13.0. The molecular weight excluding hydrogens is 412 g/mol. The van der Waals surface area contributed by atoms with Gasteiger partial charge >= 0.3 is 0 Å². The minimum atomic E-state index is -0.172. The molecule has 33 heavy (non-hydrogen) atoms. The molecule has 0 radical (unpaired) electrons. The van der Waals surface area contributed by atoms with Crippen LogP contribution in [0.5, 0.6) is 0 Å². The number of fused-ring (bicyclic) bond motifs is 1. The van der Waals surface area contributed by atoms with Gasteiger partial charge in [-0.15, -0.1) is 10.2 Å². The molecule has 0 fully saturated rings. The van der Waals surface area contributed by atoms with Crippen LogP contribution in [0.25, 0.3) is 11.5 Å². The molecule has 0 aliphatic carbocycles. The van der Waals surface area contributed by atoms with E-state index in [4.69, 9.17) is 0 Å². The second-order valence-electron chi connectivity index (χ2n) is 8.63. The van der Waals surface area contributed by atoms with Crippen molar-refractivity contribution in [2.45, 2.75) is 39.5 Å². The summed E-state index contributed by atoms with van der Waals surface area (Å²) < 4.78 is 1.95. The second kappa shape index (κ2) is 8.96. The van der Waals surface area contributed by atoms with Crippen molar-refractivity contribution in [1.29, 1.82) is 0 Å². The molecule has 1 N–H and O–H groups in total. The molecular formula is C26H26N6O. The molecule has 5 rings (SSSR count). The molecule has 0 spiro atoms. The average Bonchev–Trinajstić information content (AvgIpc) is 3.46. The van der Waals surface area contributed by atoms with E-state index in [-0.39, 0.29) is 11.9 Å². The summed E-state index contributed by atoms with van der Waals surface area (Å²) in [6.07, 6.45) is 1.69. The van der Waals surface area contributed by atoms with Crippen LogP contribution in [0.3, 0.4) is 0 Å². The van der Waals surface area contributed by atoms with Gasteiger partial charge in [0.2, 0.25) is 0 Å². The van der Waals surface area contributed by atoms with Crippen LogP contribution in [0, 0.1) is 0 Å². The third kappa shape index (κ3) is 4.54. The van der Waals surface area contributed by atoms with Crippen LogP contribution >= 0.6 is 0 Å². The Morgan fingerprint density at radius 3 is 2.64 bits per heavy atom. The van der Waals surface area contributed by atoms with Gasteiger partial charge in [-0.3, -0.25) is 9.69 Å². The summed E-state index contributed by atoms with van der Waals surface area (Å²) in [5, 5.41) is 11.1. The monoisotopic (exact) mass is 438 g/mol. The van der Waals surface area contributed by atoms with E-state index >= 15 is 0 Å². The van der Waals surface area contributed by atoms with Crippen molar-refractivity contribution in [2.24, 2.45) is 0 Å². The van der Waals surface area contributed by atoms with Crippen LogP contribution in [-0.4, -0.2) is 30.6 Å². The lowest BCUT2D eigenvalue weighted by Crippen LogP contribution is -2.15. The first-order chi connectivity index (χ1) is 16.1. The topological polar surface area (TPSA) is 75.9 Å². The molecule has 166 valence electrons. The lowest BCUT2D eigenvalue weighted by Gasteiger charge is -2.14. The minimum Gasteiger partial charge on any atom is -0.310 e. The van der Waals surface area contributed by atoms with Crippen molar-refractivity contribution in [3.05, 3.63) is 95.3 Å². The summed E-state index contributed by atoms with van der Waals surface area (Å²) in [4.78, 5) is 19.9. The quantitative estimate of drug-likeness (QED) is 0.473. The van der Waals surface area contributed by atoms with E-state index in [2.05, 4.69) is 69.6 Å². The molecule has 0 saturated heterocycles. The molecule has 0 saturated carbocycles. The zero-order valence-electron chi connectivity index (χ0n) is 18.8. The van der Waals surface area contributed by atoms with Gasteiger partial charge in [0.15, 0.2) is 5.82 Å². The summed E-state index contributed by atoms with van der Waals surface area (Å²) in [5.41, 5.74) is 5.07. The number of hydrogen-bond donors (Lipinski definition) is 1. The highest BCUT2D eigenvalue weighted by atomic mass is 16.1. The van der Waals surface area contributed by atoms with Gasteiger partial charge in [0.1, 0.15) is 17.8 Å². The second-order valence-corrected chi connectivity index (χ2v) is 8.63. The largest absolute Gasteiger partial charge is 0.310 e. The molecule has 0 bridgehead atoms. The highest BCUT2D eigenvalue weighted by Crippen LogP contribution is 2.26. The van der Waals surface area contributed by atoms with Gasteiger partial charge in [-0.1, -0.05) is 42.5 Å². The molecule has 2 aromatic heterocycles. The van der Waals surface area contributed by atoms with E-state index in [0.29, 0.717) is 22.9 Å². The minimum absolute atomic E-state index is 0.172. The zero-order valence-corrected chi connectivity index (χ0v) is 18.8. The van der Waals surface area contributed by atoms with Crippen LogP contribution in [0.4, 0.5) is 5.82 Å². The van der Waals surface area contributed by atoms with Gasteiger partial charge in [-0.2, -0.15) is 0 Å². The van der Waals surface area contributed by atoms with Crippen LogP contribution < -0.4 is 5.32 Å². The molecule has 1 aliphatic rings. The van der Waals surface area contributed by atoms with Gasteiger partial charge in [0.05, 0.1) is 0 Å². The fraction of sp³-hybridized carbons (Fsp3) is 0.231. The Labute approximate surface area is 193 Å². The van der Waals surface area contributed by atoms with Crippen molar-refractivity contribution in [1.82, 2.24) is 24.6 Å². The highest BCUT2D eigenvalue weighted by Gasteiger charge is 2.21. The maximum absolute atomic E-state index is 13.0. The van der Waals surface area contributed by atoms with E-state index in [9.17, 15) is 4.79 Å². The number of anilines is 1. The van der Waals surface area contributed by atoms with Crippen LogP contribution in [0.15, 0.2) is 73.1 Å². The molecule has 0 unspecified atom stereocenters. The zero-order chi connectivity index (χ0) is 22.8.